The number of nitrogens with two attached hydrogens (primary N) is 2. The molecule has 1 fully saturated rings. The van der Waals surface area contributed by atoms with Crippen LogP contribution in [-0.2, 0) is 20.8 Å². The average molecular weight is 462 g/mol. The fourth-order valence-corrected chi connectivity index (χ4v) is 4.08. The fraction of sp³-hybridized carbons (Fsp3) is 0.625. The van der Waals surface area contributed by atoms with Crippen molar-refractivity contribution < 1.29 is 19.5 Å². The fourth-order valence-electron chi connectivity index (χ4n) is 4.08. The van der Waals surface area contributed by atoms with Crippen LogP contribution >= 0.6 is 0 Å². The zero-order valence-corrected chi connectivity index (χ0v) is 19.9. The number of amides is 3. The number of nitrogens with one attached hydrogen (secondary N) is 2. The van der Waals surface area contributed by atoms with Crippen LogP contribution in [0.1, 0.15) is 52.0 Å². The summed E-state index contributed by atoms with van der Waals surface area (Å²) in [6.45, 7) is 6.73. The molecule has 0 radical (unpaired) electrons. The molecule has 1 heterocycles. The number of hydrogen-bond donors (Lipinski definition) is 5. The van der Waals surface area contributed by atoms with Crippen molar-refractivity contribution in [3.63, 3.8) is 0 Å². The summed E-state index contributed by atoms with van der Waals surface area (Å²) >= 11 is 0. The van der Waals surface area contributed by atoms with Gasteiger partial charge in [0.2, 0.25) is 17.7 Å². The van der Waals surface area contributed by atoms with E-state index >= 15 is 0 Å². The summed E-state index contributed by atoms with van der Waals surface area (Å²) in [7, 11) is 0. The molecule has 4 atom stereocenters. The molecule has 1 aliphatic rings. The van der Waals surface area contributed by atoms with Crippen LogP contribution in [-0.4, -0.2) is 70.6 Å². The number of carbonyl (C=O) groups is 3. The minimum absolute atomic E-state index is 0.0541. The molecule has 1 aromatic rings. The van der Waals surface area contributed by atoms with E-state index in [1.807, 2.05) is 56.0 Å². The monoisotopic (exact) mass is 461 g/mol. The molecule has 0 aromatic heterocycles. The second-order valence-corrected chi connectivity index (χ2v) is 9.89. The number of β-amino-alcohol motifs (C(OH)–C–C–N with tert-alkyl or cyclic N) is 1. The van der Waals surface area contributed by atoms with Crippen LogP contribution < -0.4 is 22.1 Å². The minimum atomic E-state index is -1.09. The van der Waals surface area contributed by atoms with Crippen LogP contribution in [0.2, 0.25) is 0 Å². The van der Waals surface area contributed by atoms with Gasteiger partial charge in [0.25, 0.3) is 0 Å². The molecule has 1 unspecified atom stereocenters. The number of piperidine rings is 1. The van der Waals surface area contributed by atoms with Gasteiger partial charge in [0.15, 0.2) is 0 Å². The van der Waals surface area contributed by atoms with Gasteiger partial charge < -0.3 is 27.2 Å². The Morgan fingerprint density at radius 1 is 1.18 bits per heavy atom. The Kier molecular flexibility index (Phi) is 9.82. The highest BCUT2D eigenvalue weighted by Crippen LogP contribution is 2.20. The first-order valence-corrected chi connectivity index (χ1v) is 11.6. The van der Waals surface area contributed by atoms with E-state index in [1.165, 1.54) is 0 Å². The van der Waals surface area contributed by atoms with E-state index in [1.54, 1.807) is 0 Å². The van der Waals surface area contributed by atoms with Gasteiger partial charge in [-0.2, -0.15) is 0 Å². The first-order valence-electron chi connectivity index (χ1n) is 11.6. The van der Waals surface area contributed by atoms with Crippen molar-refractivity contribution in [1.29, 1.82) is 0 Å². The van der Waals surface area contributed by atoms with Crippen LogP contribution in [0.3, 0.4) is 0 Å². The van der Waals surface area contributed by atoms with Crippen molar-refractivity contribution in [2.24, 2.45) is 11.5 Å². The number of aliphatic hydroxyl groups is 1. The third-order valence-corrected chi connectivity index (χ3v) is 5.68. The Hall–Kier alpha value is -2.49. The SMILES string of the molecule is CC(C)(C)NC(=O)C1CCCCN1C[C@H](O)[C@H](Cc1ccccc1)NC(=O)[C@@H](N)CC(N)=O. The van der Waals surface area contributed by atoms with Crippen LogP contribution in [0.5, 0.6) is 0 Å². The molecule has 3 amide bonds. The first kappa shape index (κ1) is 26.8. The summed E-state index contributed by atoms with van der Waals surface area (Å²) in [5.41, 5.74) is 11.6. The molecule has 33 heavy (non-hydrogen) atoms. The summed E-state index contributed by atoms with van der Waals surface area (Å²) < 4.78 is 0. The average Bonchev–Trinajstić information content (AvgIpc) is 2.72. The van der Waals surface area contributed by atoms with E-state index in [4.69, 9.17) is 11.5 Å². The van der Waals surface area contributed by atoms with Gasteiger partial charge >= 0.3 is 0 Å². The second kappa shape index (κ2) is 12.1. The molecule has 1 aromatic carbocycles. The summed E-state index contributed by atoms with van der Waals surface area (Å²) in [6.07, 6.45) is 1.75. The lowest BCUT2D eigenvalue weighted by atomic mass is 9.96. The van der Waals surface area contributed by atoms with Gasteiger partial charge in [-0.05, 0) is 52.1 Å². The Morgan fingerprint density at radius 3 is 2.45 bits per heavy atom. The molecule has 0 bridgehead atoms. The molecule has 7 N–H and O–H groups in total. The van der Waals surface area contributed by atoms with E-state index in [0.29, 0.717) is 19.4 Å². The van der Waals surface area contributed by atoms with Crippen molar-refractivity contribution in [2.75, 3.05) is 13.1 Å². The van der Waals surface area contributed by atoms with Gasteiger partial charge in [0.05, 0.1) is 30.7 Å². The largest absolute Gasteiger partial charge is 0.390 e. The van der Waals surface area contributed by atoms with E-state index in [9.17, 15) is 19.5 Å². The minimum Gasteiger partial charge on any atom is -0.390 e. The van der Waals surface area contributed by atoms with Gasteiger partial charge in [0.1, 0.15) is 0 Å². The van der Waals surface area contributed by atoms with Crippen LogP contribution in [0.25, 0.3) is 0 Å². The molecule has 0 aliphatic carbocycles. The predicted molar refractivity (Wildman–Crippen MR) is 127 cm³/mol. The standard InChI is InChI=1S/C24H39N5O4/c1-24(2,3)28-23(33)19-11-7-8-12-29(19)15-20(30)18(13-16-9-5-4-6-10-16)27-22(32)17(25)14-21(26)31/h4-6,9-10,17-20,30H,7-8,11-15,25H2,1-3H3,(H2,26,31)(H,27,32)(H,28,33)/t17-,18-,19?,20-/m0/s1. The van der Waals surface area contributed by atoms with Crippen molar-refractivity contribution in [3.8, 4) is 0 Å². The van der Waals surface area contributed by atoms with Gasteiger partial charge in [-0.25, -0.2) is 0 Å². The van der Waals surface area contributed by atoms with Gasteiger partial charge in [-0.15, -0.1) is 0 Å². The van der Waals surface area contributed by atoms with Crippen molar-refractivity contribution in [3.05, 3.63) is 35.9 Å². The van der Waals surface area contributed by atoms with Crippen LogP contribution in [0.4, 0.5) is 0 Å². The molecule has 0 saturated carbocycles. The lowest BCUT2D eigenvalue weighted by molar-refractivity contribution is -0.130. The highest BCUT2D eigenvalue weighted by atomic mass is 16.3. The third-order valence-electron chi connectivity index (χ3n) is 5.68. The van der Waals surface area contributed by atoms with Gasteiger partial charge in [0, 0.05) is 12.1 Å². The van der Waals surface area contributed by atoms with Gasteiger partial charge in [-0.1, -0.05) is 36.8 Å². The Labute approximate surface area is 196 Å². The molecule has 2 rings (SSSR count). The number of carbonyl (C=O) groups excluding carboxylic acids is 3. The lowest BCUT2D eigenvalue weighted by Gasteiger charge is -2.38. The topological polar surface area (TPSA) is 151 Å². The number of nitrogens with zero attached hydrogens (tertiary/aromatic N) is 1. The predicted octanol–water partition coefficient (Wildman–Crippen LogP) is 0.0467. The summed E-state index contributed by atoms with van der Waals surface area (Å²) in [6, 6.07) is 7.42. The number of likely N-dealkylation sites (tertiary alicyclic amines) is 1. The van der Waals surface area contributed by atoms with E-state index < -0.39 is 30.0 Å². The maximum absolute atomic E-state index is 12.9. The van der Waals surface area contributed by atoms with Crippen molar-refractivity contribution in [2.45, 2.75) is 82.6 Å². The summed E-state index contributed by atoms with van der Waals surface area (Å²) in [5, 5.41) is 17.0. The molecular weight excluding hydrogens is 422 g/mol. The van der Waals surface area contributed by atoms with Gasteiger partial charge in [-0.3, -0.25) is 19.3 Å². The normalized spacial score (nSPS) is 19.8. The summed E-state index contributed by atoms with van der Waals surface area (Å²) in [5.74, 6) is -1.27. The quantitative estimate of drug-likeness (QED) is 0.332. The maximum atomic E-state index is 12.9. The van der Waals surface area contributed by atoms with Crippen LogP contribution in [0, 0.1) is 0 Å². The van der Waals surface area contributed by atoms with E-state index in [-0.39, 0.29) is 30.5 Å². The smallest absolute Gasteiger partial charge is 0.237 e. The number of hydrogen-bond acceptors (Lipinski definition) is 6. The maximum Gasteiger partial charge on any atom is 0.237 e. The highest BCUT2D eigenvalue weighted by Gasteiger charge is 2.34. The van der Waals surface area contributed by atoms with E-state index in [2.05, 4.69) is 10.6 Å². The molecular formula is C24H39N5O4. The molecule has 0 spiro atoms. The molecule has 1 aliphatic heterocycles. The lowest BCUT2D eigenvalue weighted by Crippen LogP contribution is -2.58. The number of aliphatic hydroxyl groups excluding tert-OH is 1. The molecule has 184 valence electrons. The Balaban J connectivity index is 2.14. The second-order valence-electron chi connectivity index (χ2n) is 9.89. The number of primary amides is 1. The van der Waals surface area contributed by atoms with Crippen molar-refractivity contribution in [1.82, 2.24) is 15.5 Å². The zero-order chi connectivity index (χ0) is 24.6. The molecule has 1 saturated heterocycles. The number of rotatable bonds is 10. The van der Waals surface area contributed by atoms with Crippen molar-refractivity contribution >= 4 is 17.7 Å². The third kappa shape index (κ3) is 9.11. The first-order chi connectivity index (χ1) is 15.5. The Morgan fingerprint density at radius 2 is 1.85 bits per heavy atom. The highest BCUT2D eigenvalue weighted by molar-refractivity contribution is 5.87. The Bertz CT molecular complexity index is 796. The molecule has 9 nitrogen and oxygen atoms in total. The number of benzene rings is 1. The van der Waals surface area contributed by atoms with Crippen LogP contribution in [0.15, 0.2) is 30.3 Å². The zero-order valence-electron chi connectivity index (χ0n) is 19.9. The van der Waals surface area contributed by atoms with E-state index in [0.717, 1.165) is 18.4 Å². The molecule has 9 heteroatoms. The summed E-state index contributed by atoms with van der Waals surface area (Å²) in [4.78, 5) is 38.6.